The van der Waals surface area contributed by atoms with Gasteiger partial charge in [0, 0.05) is 25.4 Å². The van der Waals surface area contributed by atoms with E-state index < -0.39 is 5.97 Å². The van der Waals surface area contributed by atoms with E-state index in [2.05, 4.69) is 38.1 Å². The molecule has 0 saturated carbocycles. The van der Waals surface area contributed by atoms with Gasteiger partial charge in [-0.3, -0.25) is 9.59 Å². The second kappa shape index (κ2) is 12.7. The van der Waals surface area contributed by atoms with Crippen molar-refractivity contribution in [1.82, 2.24) is 4.90 Å². The van der Waals surface area contributed by atoms with E-state index in [0.717, 1.165) is 50.6 Å². The van der Waals surface area contributed by atoms with Crippen LogP contribution in [0.3, 0.4) is 0 Å². The van der Waals surface area contributed by atoms with Crippen molar-refractivity contribution in [2.75, 3.05) is 6.54 Å². The number of rotatable bonds is 13. The Morgan fingerprint density at radius 1 is 1.13 bits per heavy atom. The van der Waals surface area contributed by atoms with Crippen LogP contribution in [-0.2, 0) is 16.0 Å². The molecule has 1 aliphatic heterocycles. The maximum Gasteiger partial charge on any atom is 0.303 e. The Hall–Kier alpha value is -1.88. The highest BCUT2D eigenvalue weighted by molar-refractivity contribution is 5.77. The average Bonchev–Trinajstić information content (AvgIpc) is 2.70. The SMILES string of the molecule is CC(C)c1ccc(CC(O)CC[C@H]2CCCC(=O)N2CCCCCCC(=O)O)cc1. The van der Waals surface area contributed by atoms with Gasteiger partial charge in [0.2, 0.25) is 5.91 Å². The molecule has 1 saturated heterocycles. The smallest absolute Gasteiger partial charge is 0.303 e. The van der Waals surface area contributed by atoms with E-state index >= 15 is 0 Å². The third-order valence-corrected chi connectivity index (χ3v) is 6.18. The maximum absolute atomic E-state index is 12.4. The zero-order valence-corrected chi connectivity index (χ0v) is 18.7. The van der Waals surface area contributed by atoms with Gasteiger partial charge in [0.15, 0.2) is 0 Å². The van der Waals surface area contributed by atoms with Crippen molar-refractivity contribution in [2.24, 2.45) is 0 Å². The van der Waals surface area contributed by atoms with Crippen molar-refractivity contribution in [3.63, 3.8) is 0 Å². The second-order valence-corrected chi connectivity index (χ2v) is 9.02. The molecule has 0 radical (unpaired) electrons. The Morgan fingerprint density at radius 3 is 2.50 bits per heavy atom. The van der Waals surface area contributed by atoms with Crippen molar-refractivity contribution >= 4 is 11.9 Å². The summed E-state index contributed by atoms with van der Waals surface area (Å²) in [7, 11) is 0. The molecule has 0 bridgehead atoms. The van der Waals surface area contributed by atoms with Crippen LogP contribution in [0.15, 0.2) is 24.3 Å². The molecule has 1 amide bonds. The highest BCUT2D eigenvalue weighted by Gasteiger charge is 2.27. The predicted octanol–water partition coefficient (Wildman–Crippen LogP) is 4.91. The Kier molecular flexibility index (Phi) is 10.4. The van der Waals surface area contributed by atoms with Gasteiger partial charge < -0.3 is 15.1 Å². The van der Waals surface area contributed by atoms with Crippen LogP contribution in [0.25, 0.3) is 0 Å². The minimum atomic E-state index is -0.740. The largest absolute Gasteiger partial charge is 0.481 e. The van der Waals surface area contributed by atoms with Gasteiger partial charge in [-0.25, -0.2) is 0 Å². The summed E-state index contributed by atoms with van der Waals surface area (Å²) in [5.74, 6) is 0.00205. The van der Waals surface area contributed by atoms with Crippen LogP contribution in [0.2, 0.25) is 0 Å². The zero-order chi connectivity index (χ0) is 21.9. The molecule has 2 atom stereocenters. The van der Waals surface area contributed by atoms with Crippen LogP contribution in [0, 0.1) is 0 Å². The number of carbonyl (C=O) groups excluding carboxylic acids is 1. The normalized spacial score (nSPS) is 18.1. The summed E-state index contributed by atoms with van der Waals surface area (Å²) in [6.45, 7) is 5.11. The molecule has 1 aromatic carbocycles. The number of carbonyl (C=O) groups is 2. The minimum absolute atomic E-state index is 0.225. The first-order valence-corrected chi connectivity index (χ1v) is 11.6. The molecule has 5 nitrogen and oxygen atoms in total. The lowest BCUT2D eigenvalue weighted by Crippen LogP contribution is -2.44. The van der Waals surface area contributed by atoms with E-state index in [1.54, 1.807) is 0 Å². The maximum atomic E-state index is 12.4. The van der Waals surface area contributed by atoms with Gasteiger partial charge in [-0.2, -0.15) is 0 Å². The highest BCUT2D eigenvalue weighted by atomic mass is 16.4. The summed E-state index contributed by atoms with van der Waals surface area (Å²) in [5, 5.41) is 19.2. The number of hydrogen-bond donors (Lipinski definition) is 2. The number of likely N-dealkylation sites (tertiary alicyclic amines) is 1. The number of unbranched alkanes of at least 4 members (excludes halogenated alkanes) is 3. The number of piperidine rings is 1. The van der Waals surface area contributed by atoms with Crippen LogP contribution >= 0.6 is 0 Å². The number of nitrogens with zero attached hydrogens (tertiary/aromatic N) is 1. The molecule has 1 heterocycles. The number of aliphatic hydroxyl groups is 1. The lowest BCUT2D eigenvalue weighted by molar-refractivity contribution is -0.137. The number of aliphatic hydroxyl groups excluding tert-OH is 1. The number of amides is 1. The van der Waals surface area contributed by atoms with E-state index in [0.29, 0.717) is 31.6 Å². The molecule has 0 aromatic heterocycles. The quantitative estimate of drug-likeness (QED) is 0.447. The van der Waals surface area contributed by atoms with E-state index in [4.69, 9.17) is 5.11 Å². The Morgan fingerprint density at radius 2 is 1.83 bits per heavy atom. The van der Waals surface area contributed by atoms with Crippen LogP contribution in [0.5, 0.6) is 0 Å². The van der Waals surface area contributed by atoms with Crippen molar-refractivity contribution in [2.45, 2.75) is 103 Å². The summed E-state index contributed by atoms with van der Waals surface area (Å²) in [5.41, 5.74) is 2.47. The van der Waals surface area contributed by atoms with E-state index in [-0.39, 0.29) is 24.5 Å². The molecule has 0 spiro atoms. The van der Waals surface area contributed by atoms with Gasteiger partial charge in [0.25, 0.3) is 0 Å². The van der Waals surface area contributed by atoms with E-state index in [9.17, 15) is 14.7 Å². The van der Waals surface area contributed by atoms with Gasteiger partial charge in [0.05, 0.1) is 6.10 Å². The fraction of sp³-hybridized carbons (Fsp3) is 0.680. The standard InChI is InChI=1S/C25H39NO4/c1-19(2)21-13-11-20(12-14-21)18-23(27)16-15-22-8-7-9-24(28)26(22)17-6-4-3-5-10-25(29)30/h11-14,19,22-23,27H,3-10,15-18H2,1-2H3,(H,29,30)/t22-,23?/m1/s1. The Balaban J connectivity index is 1.75. The van der Waals surface area contributed by atoms with Gasteiger partial charge >= 0.3 is 5.97 Å². The zero-order valence-electron chi connectivity index (χ0n) is 18.7. The fourth-order valence-corrected chi connectivity index (χ4v) is 4.31. The molecule has 5 heteroatoms. The Bertz CT molecular complexity index is 656. The van der Waals surface area contributed by atoms with E-state index in [1.807, 2.05) is 4.90 Å². The van der Waals surface area contributed by atoms with Gasteiger partial charge in [-0.15, -0.1) is 0 Å². The molecule has 1 aromatic rings. The average molecular weight is 418 g/mol. The van der Waals surface area contributed by atoms with Crippen LogP contribution in [0.1, 0.15) is 95.1 Å². The van der Waals surface area contributed by atoms with Crippen molar-refractivity contribution in [3.05, 3.63) is 35.4 Å². The molecule has 168 valence electrons. The number of carboxylic acids is 1. The van der Waals surface area contributed by atoms with Crippen LogP contribution in [0.4, 0.5) is 0 Å². The summed E-state index contributed by atoms with van der Waals surface area (Å²) in [6, 6.07) is 8.73. The third kappa shape index (κ3) is 8.47. The van der Waals surface area contributed by atoms with E-state index in [1.165, 1.54) is 5.56 Å². The lowest BCUT2D eigenvalue weighted by Gasteiger charge is -2.36. The molecule has 1 fully saturated rings. The molecule has 2 rings (SSSR count). The fourth-order valence-electron chi connectivity index (χ4n) is 4.31. The molecule has 30 heavy (non-hydrogen) atoms. The molecular formula is C25H39NO4. The van der Waals surface area contributed by atoms with Crippen LogP contribution < -0.4 is 0 Å². The first-order chi connectivity index (χ1) is 14.4. The first-order valence-electron chi connectivity index (χ1n) is 11.6. The lowest BCUT2D eigenvalue weighted by atomic mass is 9.93. The molecule has 0 aliphatic carbocycles. The molecular weight excluding hydrogens is 378 g/mol. The van der Waals surface area contributed by atoms with Gasteiger partial charge in [-0.05, 0) is 62.0 Å². The molecule has 1 aliphatic rings. The minimum Gasteiger partial charge on any atom is -0.481 e. The second-order valence-electron chi connectivity index (χ2n) is 9.02. The highest BCUT2D eigenvalue weighted by Crippen LogP contribution is 2.24. The van der Waals surface area contributed by atoms with Crippen molar-refractivity contribution in [1.29, 1.82) is 0 Å². The monoisotopic (exact) mass is 417 g/mol. The predicted molar refractivity (Wildman–Crippen MR) is 120 cm³/mol. The summed E-state index contributed by atoms with van der Waals surface area (Å²) in [4.78, 5) is 25.0. The van der Waals surface area contributed by atoms with Crippen molar-refractivity contribution in [3.8, 4) is 0 Å². The number of carboxylic acid groups (broad SMARTS) is 1. The van der Waals surface area contributed by atoms with Gasteiger partial charge in [-0.1, -0.05) is 51.0 Å². The number of benzene rings is 1. The molecule has 1 unspecified atom stereocenters. The Labute approximate surface area is 181 Å². The third-order valence-electron chi connectivity index (χ3n) is 6.18. The topological polar surface area (TPSA) is 77.8 Å². The number of hydrogen-bond acceptors (Lipinski definition) is 3. The van der Waals surface area contributed by atoms with Crippen molar-refractivity contribution < 1.29 is 19.8 Å². The summed E-state index contributed by atoms with van der Waals surface area (Å²) >= 11 is 0. The summed E-state index contributed by atoms with van der Waals surface area (Å²) < 4.78 is 0. The first kappa shape index (κ1) is 24.4. The summed E-state index contributed by atoms with van der Waals surface area (Å²) in [6.07, 6.45) is 8.10. The molecule has 2 N–H and O–H groups in total. The van der Waals surface area contributed by atoms with Crippen LogP contribution in [-0.4, -0.2) is 45.7 Å². The van der Waals surface area contributed by atoms with Gasteiger partial charge in [0.1, 0.15) is 0 Å². The number of aliphatic carboxylic acids is 1.